The van der Waals surface area contributed by atoms with E-state index in [0.29, 0.717) is 0 Å². The first-order chi connectivity index (χ1) is 9.56. The molecule has 3 rings (SSSR count). The summed E-state index contributed by atoms with van der Waals surface area (Å²) in [6.07, 6.45) is 0. The molecule has 0 bridgehead atoms. The maximum atomic E-state index is 4.61. The fourth-order valence-electron chi connectivity index (χ4n) is 2.19. The molecule has 104 valence electrons. The van der Waals surface area contributed by atoms with Gasteiger partial charge in [-0.3, -0.25) is 4.40 Å². The summed E-state index contributed by atoms with van der Waals surface area (Å²) in [6, 6.07) is 6.13. The molecule has 0 aliphatic carbocycles. The molecule has 0 saturated heterocycles. The summed E-state index contributed by atoms with van der Waals surface area (Å²) in [5.41, 5.74) is 4.61. The van der Waals surface area contributed by atoms with E-state index >= 15 is 0 Å². The Morgan fingerprint density at radius 3 is 2.85 bits per heavy atom. The third kappa shape index (κ3) is 2.52. The Labute approximate surface area is 138 Å². The number of aromatic nitrogens is 2. The first-order valence-electron chi connectivity index (χ1n) is 6.17. The molecule has 0 fully saturated rings. The van der Waals surface area contributed by atoms with E-state index in [1.807, 2.05) is 12.1 Å². The van der Waals surface area contributed by atoms with Crippen molar-refractivity contribution in [3.63, 3.8) is 0 Å². The Hall–Kier alpha value is -0.850. The summed E-state index contributed by atoms with van der Waals surface area (Å²) in [5.74, 6) is 0. The number of hydrogen-bond donors (Lipinski definition) is 1. The van der Waals surface area contributed by atoms with E-state index in [0.717, 1.165) is 31.8 Å². The highest BCUT2D eigenvalue weighted by Gasteiger charge is 2.12. The van der Waals surface area contributed by atoms with E-state index in [9.17, 15) is 0 Å². The first kappa shape index (κ1) is 14.1. The summed E-state index contributed by atoms with van der Waals surface area (Å²) < 4.78 is 4.33. The Bertz CT molecular complexity index is 776. The van der Waals surface area contributed by atoms with Crippen molar-refractivity contribution in [2.24, 2.45) is 0 Å². The average Bonchev–Trinajstić information content (AvgIpc) is 2.89. The SMILES string of the molecule is Cc1nc2scc(C)n2c1CNc1ccc(Br)cc1Br. The molecule has 1 N–H and O–H groups in total. The van der Waals surface area contributed by atoms with Crippen LogP contribution in [0.4, 0.5) is 5.69 Å². The molecule has 3 aromatic rings. The number of thiazole rings is 1. The van der Waals surface area contributed by atoms with Gasteiger partial charge in [0, 0.05) is 25.7 Å². The van der Waals surface area contributed by atoms with Crippen molar-refractivity contribution in [1.29, 1.82) is 0 Å². The van der Waals surface area contributed by atoms with Gasteiger partial charge in [-0.1, -0.05) is 15.9 Å². The van der Waals surface area contributed by atoms with E-state index in [4.69, 9.17) is 0 Å². The number of imidazole rings is 1. The molecular formula is C14H13Br2N3S. The van der Waals surface area contributed by atoms with Crippen molar-refractivity contribution in [3.8, 4) is 0 Å². The van der Waals surface area contributed by atoms with Gasteiger partial charge in [-0.25, -0.2) is 4.98 Å². The second kappa shape index (κ2) is 5.50. The van der Waals surface area contributed by atoms with Gasteiger partial charge >= 0.3 is 0 Å². The van der Waals surface area contributed by atoms with Gasteiger partial charge in [0.1, 0.15) is 0 Å². The lowest BCUT2D eigenvalue weighted by Gasteiger charge is -2.09. The second-order valence-corrected chi connectivity index (χ2v) is 7.22. The lowest BCUT2D eigenvalue weighted by atomic mass is 10.3. The Balaban J connectivity index is 1.90. The molecule has 0 radical (unpaired) electrons. The van der Waals surface area contributed by atoms with Crippen LogP contribution in [-0.2, 0) is 6.54 Å². The zero-order chi connectivity index (χ0) is 14.3. The van der Waals surface area contributed by atoms with Crippen LogP contribution in [0.5, 0.6) is 0 Å². The number of aryl methyl sites for hydroxylation is 2. The summed E-state index contributed by atoms with van der Waals surface area (Å²) in [5, 5.41) is 5.61. The van der Waals surface area contributed by atoms with E-state index in [1.165, 1.54) is 11.4 Å². The summed E-state index contributed by atoms with van der Waals surface area (Å²) >= 11 is 8.72. The number of halogens is 2. The number of fused-ring (bicyclic) bond motifs is 1. The van der Waals surface area contributed by atoms with Crippen LogP contribution >= 0.6 is 43.2 Å². The highest BCUT2D eigenvalue weighted by molar-refractivity contribution is 9.11. The monoisotopic (exact) mass is 413 g/mol. The topological polar surface area (TPSA) is 29.3 Å². The molecule has 2 aromatic heterocycles. The van der Waals surface area contributed by atoms with Crippen LogP contribution in [0, 0.1) is 13.8 Å². The molecule has 2 heterocycles. The molecule has 6 heteroatoms. The maximum Gasteiger partial charge on any atom is 0.194 e. The van der Waals surface area contributed by atoms with Crippen molar-refractivity contribution >= 4 is 53.8 Å². The Morgan fingerprint density at radius 1 is 1.30 bits per heavy atom. The fraction of sp³-hybridized carbons (Fsp3) is 0.214. The molecular weight excluding hydrogens is 402 g/mol. The molecule has 1 aromatic carbocycles. The third-order valence-corrected chi connectivity index (χ3v) is 5.30. The number of rotatable bonds is 3. The van der Waals surface area contributed by atoms with Gasteiger partial charge in [0.05, 0.1) is 17.9 Å². The number of benzene rings is 1. The quantitative estimate of drug-likeness (QED) is 0.642. The molecule has 0 unspecified atom stereocenters. The van der Waals surface area contributed by atoms with Crippen LogP contribution in [0.3, 0.4) is 0 Å². The average molecular weight is 415 g/mol. The van der Waals surface area contributed by atoms with Crippen molar-refractivity contribution in [3.05, 3.63) is 49.6 Å². The normalized spacial score (nSPS) is 11.2. The Morgan fingerprint density at radius 2 is 2.10 bits per heavy atom. The molecule has 0 saturated carbocycles. The van der Waals surface area contributed by atoms with Gasteiger partial charge in [-0.2, -0.15) is 0 Å². The lowest BCUT2D eigenvalue weighted by molar-refractivity contribution is 0.965. The minimum absolute atomic E-state index is 0.755. The highest BCUT2D eigenvalue weighted by atomic mass is 79.9. The van der Waals surface area contributed by atoms with Crippen molar-refractivity contribution in [1.82, 2.24) is 9.38 Å². The number of anilines is 1. The van der Waals surface area contributed by atoms with Crippen LogP contribution in [0.15, 0.2) is 32.5 Å². The van der Waals surface area contributed by atoms with Gasteiger partial charge in [0.15, 0.2) is 4.96 Å². The largest absolute Gasteiger partial charge is 0.378 e. The van der Waals surface area contributed by atoms with Gasteiger partial charge in [-0.05, 0) is 48.0 Å². The van der Waals surface area contributed by atoms with Gasteiger partial charge in [0.25, 0.3) is 0 Å². The summed E-state index contributed by atoms with van der Waals surface area (Å²) in [4.78, 5) is 5.67. The smallest absolute Gasteiger partial charge is 0.194 e. The van der Waals surface area contributed by atoms with Crippen molar-refractivity contribution in [2.45, 2.75) is 20.4 Å². The zero-order valence-corrected chi connectivity index (χ0v) is 15.1. The van der Waals surface area contributed by atoms with Gasteiger partial charge < -0.3 is 5.32 Å². The van der Waals surface area contributed by atoms with E-state index in [2.05, 4.69) is 71.9 Å². The molecule has 0 aliphatic heterocycles. The molecule has 3 nitrogen and oxygen atoms in total. The van der Waals surface area contributed by atoms with Crippen molar-refractivity contribution < 1.29 is 0 Å². The summed E-state index contributed by atoms with van der Waals surface area (Å²) in [6.45, 7) is 4.93. The molecule has 0 aliphatic rings. The second-order valence-electron chi connectivity index (χ2n) is 4.62. The Kier molecular flexibility index (Phi) is 3.88. The van der Waals surface area contributed by atoms with Gasteiger partial charge in [0.2, 0.25) is 0 Å². The van der Waals surface area contributed by atoms with Crippen LogP contribution in [0.2, 0.25) is 0 Å². The maximum absolute atomic E-state index is 4.61. The van der Waals surface area contributed by atoms with Crippen LogP contribution in [0.25, 0.3) is 4.96 Å². The molecule has 20 heavy (non-hydrogen) atoms. The highest BCUT2D eigenvalue weighted by Crippen LogP contribution is 2.27. The number of nitrogens with zero attached hydrogens (tertiary/aromatic N) is 2. The minimum atomic E-state index is 0.755. The minimum Gasteiger partial charge on any atom is -0.378 e. The number of hydrogen-bond acceptors (Lipinski definition) is 3. The molecule has 0 spiro atoms. The van der Waals surface area contributed by atoms with E-state index < -0.39 is 0 Å². The van der Waals surface area contributed by atoms with Crippen LogP contribution in [0.1, 0.15) is 17.1 Å². The number of nitrogens with one attached hydrogen (secondary N) is 1. The standard InChI is InChI=1S/C14H13Br2N3S/c1-8-7-20-14-18-9(2)13(19(8)14)6-17-12-4-3-10(15)5-11(12)16/h3-5,7,17H,6H2,1-2H3. The van der Waals surface area contributed by atoms with Gasteiger partial charge in [-0.15, -0.1) is 11.3 Å². The molecule has 0 atom stereocenters. The third-order valence-electron chi connectivity index (χ3n) is 3.21. The predicted octanol–water partition coefficient (Wildman–Crippen LogP) is 5.15. The van der Waals surface area contributed by atoms with Crippen LogP contribution < -0.4 is 5.32 Å². The molecule has 0 amide bonds. The van der Waals surface area contributed by atoms with E-state index in [1.54, 1.807) is 11.3 Å². The predicted molar refractivity (Wildman–Crippen MR) is 91.7 cm³/mol. The van der Waals surface area contributed by atoms with Crippen molar-refractivity contribution in [2.75, 3.05) is 5.32 Å². The lowest BCUT2D eigenvalue weighted by Crippen LogP contribution is -2.05. The zero-order valence-electron chi connectivity index (χ0n) is 11.1. The van der Waals surface area contributed by atoms with Crippen LogP contribution in [-0.4, -0.2) is 9.38 Å². The first-order valence-corrected chi connectivity index (χ1v) is 8.64. The summed E-state index contributed by atoms with van der Waals surface area (Å²) in [7, 11) is 0. The fourth-order valence-corrected chi connectivity index (χ4v) is 4.31. The van der Waals surface area contributed by atoms with E-state index in [-0.39, 0.29) is 0 Å².